The number of nitrogens with two attached hydrogens (primary N) is 1. The second-order valence-electron chi connectivity index (χ2n) is 10.5. The van der Waals surface area contributed by atoms with Gasteiger partial charge in [0.1, 0.15) is 0 Å². The summed E-state index contributed by atoms with van der Waals surface area (Å²) < 4.78 is 27.2. The first-order chi connectivity index (χ1) is 18.7. The van der Waals surface area contributed by atoms with Crippen molar-refractivity contribution in [1.82, 2.24) is 10.3 Å². The number of amides is 2. The predicted octanol–water partition coefficient (Wildman–Crippen LogP) is 5.77. The van der Waals surface area contributed by atoms with Crippen LogP contribution in [0.1, 0.15) is 75.7 Å². The van der Waals surface area contributed by atoms with Gasteiger partial charge in [-0.1, -0.05) is 32.9 Å². The Morgan fingerprint density at radius 1 is 1.18 bits per heavy atom. The summed E-state index contributed by atoms with van der Waals surface area (Å²) in [7, 11) is 0. The van der Waals surface area contributed by atoms with Crippen LogP contribution >= 0.6 is 11.8 Å². The van der Waals surface area contributed by atoms with Gasteiger partial charge in [0.25, 0.3) is 11.8 Å². The molecule has 1 aromatic heterocycles. The molecule has 2 aromatic carbocycles. The summed E-state index contributed by atoms with van der Waals surface area (Å²) in [6.45, 7) is 7.35. The molecule has 9 heteroatoms. The molecule has 204 valence electrons. The lowest BCUT2D eigenvalue weighted by Crippen LogP contribution is -2.26. The van der Waals surface area contributed by atoms with E-state index in [9.17, 15) is 18.4 Å². The lowest BCUT2D eigenvalue weighted by Gasteiger charge is -2.23. The number of fused-ring (bicyclic) bond motifs is 2. The number of carbonyl (C=O) groups is 2. The third kappa shape index (κ3) is 5.24. The molecule has 39 heavy (non-hydrogen) atoms. The molecular weight excluding hydrogens is 518 g/mol. The van der Waals surface area contributed by atoms with Gasteiger partial charge in [0.15, 0.2) is 11.6 Å². The minimum Gasteiger partial charge on any atom is -0.367 e. The largest absolute Gasteiger partial charge is 0.367 e. The molecule has 0 bridgehead atoms. The maximum Gasteiger partial charge on any atom is 0.254 e. The van der Waals surface area contributed by atoms with Crippen molar-refractivity contribution in [2.75, 3.05) is 17.3 Å². The Balaban J connectivity index is 1.64. The molecule has 1 atom stereocenters. The smallest absolute Gasteiger partial charge is 0.254 e. The van der Waals surface area contributed by atoms with E-state index in [0.717, 1.165) is 35.7 Å². The number of hydrogen-bond donors (Lipinski definition) is 2. The molecule has 0 fully saturated rings. The van der Waals surface area contributed by atoms with E-state index < -0.39 is 17.5 Å². The SMILES string of the molecule is CCC1SCNC(=O)c2c1nc(CC(C)C)c(C(N)=O)c2-c1ccc2c(c1)CCN2Cc1ccc(F)c(F)c1. The molecule has 3 N–H and O–H groups in total. The van der Waals surface area contributed by atoms with Crippen LogP contribution in [-0.2, 0) is 19.4 Å². The molecule has 3 aromatic rings. The summed E-state index contributed by atoms with van der Waals surface area (Å²) in [6.07, 6.45) is 2.10. The molecule has 0 radical (unpaired) electrons. The Kier molecular flexibility index (Phi) is 7.62. The maximum absolute atomic E-state index is 13.8. The van der Waals surface area contributed by atoms with Crippen LogP contribution in [0.3, 0.4) is 0 Å². The molecule has 6 nitrogen and oxygen atoms in total. The number of nitrogens with zero attached hydrogens (tertiary/aromatic N) is 2. The second kappa shape index (κ2) is 11.0. The maximum atomic E-state index is 13.8. The molecule has 3 heterocycles. The van der Waals surface area contributed by atoms with E-state index >= 15 is 0 Å². The van der Waals surface area contributed by atoms with Crippen molar-refractivity contribution in [2.45, 2.75) is 51.8 Å². The molecule has 2 amide bonds. The minimum atomic E-state index is -0.864. The van der Waals surface area contributed by atoms with E-state index in [-0.39, 0.29) is 17.1 Å². The van der Waals surface area contributed by atoms with Crippen molar-refractivity contribution in [2.24, 2.45) is 11.7 Å². The zero-order chi connectivity index (χ0) is 27.8. The number of halogens is 2. The van der Waals surface area contributed by atoms with Gasteiger partial charge in [-0.2, -0.15) is 0 Å². The first-order valence-electron chi connectivity index (χ1n) is 13.3. The normalized spacial score (nSPS) is 16.6. The fourth-order valence-electron chi connectivity index (χ4n) is 5.54. The molecule has 0 spiro atoms. The number of thioether (sulfide) groups is 1. The zero-order valence-electron chi connectivity index (χ0n) is 22.3. The van der Waals surface area contributed by atoms with Crippen molar-refractivity contribution < 1.29 is 18.4 Å². The number of aromatic nitrogens is 1. The number of nitrogens with one attached hydrogen (secondary N) is 1. The Bertz CT molecular complexity index is 1460. The lowest BCUT2D eigenvalue weighted by molar-refractivity contribution is 0.0961. The highest BCUT2D eigenvalue weighted by Gasteiger charge is 2.33. The summed E-state index contributed by atoms with van der Waals surface area (Å²) in [6, 6.07) is 9.87. The molecule has 5 rings (SSSR count). The van der Waals surface area contributed by atoms with Crippen molar-refractivity contribution >= 4 is 29.3 Å². The Morgan fingerprint density at radius 2 is 1.97 bits per heavy atom. The van der Waals surface area contributed by atoms with Crippen LogP contribution in [0.4, 0.5) is 14.5 Å². The number of anilines is 1. The fourth-order valence-corrected chi connectivity index (χ4v) is 6.52. The van der Waals surface area contributed by atoms with Crippen molar-refractivity contribution in [3.63, 3.8) is 0 Å². The van der Waals surface area contributed by atoms with E-state index in [4.69, 9.17) is 10.7 Å². The third-order valence-corrected chi connectivity index (χ3v) is 8.56. The molecule has 2 aliphatic rings. The Labute approximate surface area is 231 Å². The standard InChI is InChI=1S/C30H32F2N4O2S/c1-4-24-28-27(30(38)34-15-39-24)25(26(29(33)37)22(35-28)11-16(2)3)19-6-8-23-18(13-19)9-10-36(23)14-17-5-7-20(31)21(32)12-17/h5-8,12-13,16,24H,4,9-11,14-15H2,1-3H3,(H2,33,37)(H,34,38). The Hall–Kier alpha value is -3.46. The highest BCUT2D eigenvalue weighted by Crippen LogP contribution is 2.42. The quantitative estimate of drug-likeness (QED) is 0.390. The van der Waals surface area contributed by atoms with Gasteiger partial charge in [-0.3, -0.25) is 14.6 Å². The number of hydrogen-bond acceptors (Lipinski definition) is 5. The van der Waals surface area contributed by atoms with Crippen LogP contribution in [0.2, 0.25) is 0 Å². The van der Waals surface area contributed by atoms with Gasteiger partial charge in [0, 0.05) is 29.6 Å². The third-order valence-electron chi connectivity index (χ3n) is 7.29. The summed E-state index contributed by atoms with van der Waals surface area (Å²) in [4.78, 5) is 33.4. The second-order valence-corrected chi connectivity index (χ2v) is 11.7. The lowest BCUT2D eigenvalue weighted by atomic mass is 9.87. The number of benzene rings is 2. The molecule has 0 saturated heterocycles. The highest BCUT2D eigenvalue weighted by molar-refractivity contribution is 7.99. The van der Waals surface area contributed by atoms with Crippen LogP contribution in [0, 0.1) is 17.6 Å². The van der Waals surface area contributed by atoms with Crippen LogP contribution in [-0.4, -0.2) is 29.2 Å². The summed E-state index contributed by atoms with van der Waals surface area (Å²) in [5, 5.41) is 2.97. The highest BCUT2D eigenvalue weighted by atomic mass is 32.2. The van der Waals surface area contributed by atoms with Crippen molar-refractivity contribution in [1.29, 1.82) is 0 Å². The Morgan fingerprint density at radius 3 is 2.67 bits per heavy atom. The topological polar surface area (TPSA) is 88.3 Å². The predicted molar refractivity (Wildman–Crippen MR) is 151 cm³/mol. The summed E-state index contributed by atoms with van der Waals surface area (Å²) >= 11 is 1.63. The van der Waals surface area contributed by atoms with Crippen LogP contribution in [0.25, 0.3) is 11.1 Å². The van der Waals surface area contributed by atoms with Gasteiger partial charge in [-0.15, -0.1) is 11.8 Å². The molecule has 1 unspecified atom stereocenters. The van der Waals surface area contributed by atoms with Crippen LogP contribution in [0.15, 0.2) is 36.4 Å². The van der Waals surface area contributed by atoms with Crippen molar-refractivity contribution in [3.05, 3.63) is 81.7 Å². The van der Waals surface area contributed by atoms with Gasteiger partial charge in [-0.25, -0.2) is 8.78 Å². The first-order valence-corrected chi connectivity index (χ1v) is 14.3. The van der Waals surface area contributed by atoms with E-state index in [1.165, 1.54) is 6.07 Å². The van der Waals surface area contributed by atoms with Gasteiger partial charge in [0.05, 0.1) is 28.4 Å². The van der Waals surface area contributed by atoms with E-state index in [0.29, 0.717) is 59.0 Å². The van der Waals surface area contributed by atoms with E-state index in [1.807, 2.05) is 18.2 Å². The molecule has 0 saturated carbocycles. The van der Waals surface area contributed by atoms with E-state index in [2.05, 4.69) is 31.0 Å². The average molecular weight is 551 g/mol. The van der Waals surface area contributed by atoms with Crippen LogP contribution in [0.5, 0.6) is 0 Å². The number of primary amides is 1. The number of pyridine rings is 1. The van der Waals surface area contributed by atoms with Crippen LogP contribution < -0.4 is 16.0 Å². The number of carbonyl (C=O) groups excluding carboxylic acids is 2. The zero-order valence-corrected chi connectivity index (χ0v) is 23.1. The molecule has 2 aliphatic heterocycles. The summed E-state index contributed by atoms with van der Waals surface area (Å²) in [5.74, 6) is -1.89. The monoisotopic (exact) mass is 550 g/mol. The van der Waals surface area contributed by atoms with Gasteiger partial charge < -0.3 is 16.0 Å². The average Bonchev–Trinajstić information content (AvgIpc) is 3.21. The number of rotatable bonds is 7. The van der Waals surface area contributed by atoms with Gasteiger partial charge >= 0.3 is 0 Å². The summed E-state index contributed by atoms with van der Waals surface area (Å²) in [5.41, 5.74) is 12.0. The molecular formula is C30H32F2N4O2S. The van der Waals surface area contributed by atoms with E-state index in [1.54, 1.807) is 17.8 Å². The molecule has 0 aliphatic carbocycles. The fraction of sp³-hybridized carbons (Fsp3) is 0.367. The van der Waals surface area contributed by atoms with Crippen molar-refractivity contribution in [3.8, 4) is 11.1 Å². The first kappa shape index (κ1) is 27.1. The van der Waals surface area contributed by atoms with Gasteiger partial charge in [-0.05, 0) is 66.1 Å². The van der Waals surface area contributed by atoms with Gasteiger partial charge in [0.2, 0.25) is 0 Å². The minimum absolute atomic E-state index is 0.00608.